The third-order valence-electron chi connectivity index (χ3n) is 4.30. The van der Waals surface area contributed by atoms with Crippen LogP contribution in [-0.2, 0) is 6.61 Å². The molecule has 2 aromatic carbocycles. The molecule has 2 heterocycles. The highest BCUT2D eigenvalue weighted by Crippen LogP contribution is 2.45. The molecule has 0 atom stereocenters. The van der Waals surface area contributed by atoms with Gasteiger partial charge in [0.05, 0.1) is 15.3 Å². The number of aryl methyl sites for hydroxylation is 1. The van der Waals surface area contributed by atoms with E-state index in [1.807, 2.05) is 48.6 Å². The van der Waals surface area contributed by atoms with Crippen molar-refractivity contribution in [3.8, 4) is 22.8 Å². The molecule has 0 spiro atoms. The molecule has 5 nitrogen and oxygen atoms in total. The van der Waals surface area contributed by atoms with E-state index >= 15 is 0 Å². The maximum absolute atomic E-state index is 9.86. The largest absolute Gasteiger partial charge is 0.506 e. The minimum atomic E-state index is 0.228. The Hall–Kier alpha value is -1.77. The van der Waals surface area contributed by atoms with Gasteiger partial charge in [-0.25, -0.2) is 4.98 Å². The van der Waals surface area contributed by atoms with Crippen molar-refractivity contribution in [2.24, 2.45) is 0 Å². The van der Waals surface area contributed by atoms with Gasteiger partial charge in [-0.3, -0.25) is 0 Å². The van der Waals surface area contributed by atoms with E-state index in [4.69, 9.17) is 4.74 Å². The molecular formula is C20H18BrN3O2S2. The lowest BCUT2D eigenvalue weighted by Crippen LogP contribution is -2.04. The predicted molar refractivity (Wildman–Crippen MR) is 118 cm³/mol. The standard InChI is InChI=1S/C20H18BrN3O2S2/c1-12-8-14(9-16(21)19(12)25)17-10-22-18(24-23-17)11-26-15-4-2-13(3-5-15)20-27-6-7-28-20/h2-5,8-10,20,25H,6-7,11H2,1H3. The fourth-order valence-corrected chi connectivity index (χ4v) is 6.22. The Balaban J connectivity index is 1.39. The maximum atomic E-state index is 9.86. The minimum absolute atomic E-state index is 0.228. The summed E-state index contributed by atoms with van der Waals surface area (Å²) in [6.07, 6.45) is 1.67. The third-order valence-corrected chi connectivity index (χ3v) is 8.01. The van der Waals surface area contributed by atoms with Gasteiger partial charge < -0.3 is 9.84 Å². The molecule has 1 aromatic heterocycles. The van der Waals surface area contributed by atoms with Gasteiger partial charge in [0, 0.05) is 17.1 Å². The Morgan fingerprint density at radius 3 is 2.54 bits per heavy atom. The molecule has 4 rings (SSSR count). The van der Waals surface area contributed by atoms with Gasteiger partial charge in [0.1, 0.15) is 23.8 Å². The van der Waals surface area contributed by atoms with Crippen LogP contribution in [0, 0.1) is 6.92 Å². The van der Waals surface area contributed by atoms with Crippen LogP contribution in [0.5, 0.6) is 11.5 Å². The van der Waals surface area contributed by atoms with Crippen molar-refractivity contribution >= 4 is 39.5 Å². The molecule has 1 N–H and O–H groups in total. The molecule has 0 unspecified atom stereocenters. The lowest BCUT2D eigenvalue weighted by molar-refractivity contribution is 0.294. The van der Waals surface area contributed by atoms with Gasteiger partial charge >= 0.3 is 0 Å². The summed E-state index contributed by atoms with van der Waals surface area (Å²) in [7, 11) is 0. The first-order valence-corrected chi connectivity index (χ1v) is 11.6. The first-order chi connectivity index (χ1) is 13.6. The quantitative estimate of drug-likeness (QED) is 0.531. The zero-order valence-corrected chi connectivity index (χ0v) is 18.4. The zero-order valence-electron chi connectivity index (χ0n) is 15.1. The van der Waals surface area contributed by atoms with Crippen molar-refractivity contribution in [2.45, 2.75) is 18.1 Å². The molecule has 1 saturated heterocycles. The second-order valence-corrected chi connectivity index (χ2v) is 9.89. The number of halogens is 1. The second kappa shape index (κ2) is 8.71. The zero-order chi connectivity index (χ0) is 19.5. The van der Waals surface area contributed by atoms with E-state index in [2.05, 4.69) is 43.2 Å². The van der Waals surface area contributed by atoms with Crippen LogP contribution in [0.3, 0.4) is 0 Å². The average molecular weight is 476 g/mol. The van der Waals surface area contributed by atoms with Crippen LogP contribution in [0.15, 0.2) is 47.1 Å². The van der Waals surface area contributed by atoms with Crippen LogP contribution in [0.1, 0.15) is 21.5 Å². The summed E-state index contributed by atoms with van der Waals surface area (Å²) in [5.41, 5.74) is 3.57. The van der Waals surface area contributed by atoms with Gasteiger partial charge in [0.15, 0.2) is 5.82 Å². The monoisotopic (exact) mass is 475 g/mol. The molecule has 1 aliphatic rings. The summed E-state index contributed by atoms with van der Waals surface area (Å²) < 4.78 is 6.95. The topological polar surface area (TPSA) is 68.1 Å². The lowest BCUT2D eigenvalue weighted by atomic mass is 10.1. The fraction of sp³-hybridized carbons (Fsp3) is 0.250. The van der Waals surface area contributed by atoms with E-state index in [1.165, 1.54) is 17.1 Å². The molecule has 3 aromatic rings. The highest BCUT2D eigenvalue weighted by molar-refractivity contribution is 9.10. The van der Waals surface area contributed by atoms with Crippen molar-refractivity contribution in [3.63, 3.8) is 0 Å². The number of benzene rings is 2. The van der Waals surface area contributed by atoms with Crippen molar-refractivity contribution in [3.05, 3.63) is 64.0 Å². The van der Waals surface area contributed by atoms with Crippen LogP contribution in [0.25, 0.3) is 11.3 Å². The molecule has 0 bridgehead atoms. The number of aromatic nitrogens is 3. The Morgan fingerprint density at radius 1 is 1.14 bits per heavy atom. The first-order valence-electron chi connectivity index (χ1n) is 8.74. The summed E-state index contributed by atoms with van der Waals surface area (Å²) in [6.45, 7) is 2.10. The lowest BCUT2D eigenvalue weighted by Gasteiger charge is -2.10. The number of nitrogens with zero attached hydrogens (tertiary/aromatic N) is 3. The highest BCUT2D eigenvalue weighted by Gasteiger charge is 2.18. The normalized spacial score (nSPS) is 14.4. The number of aromatic hydroxyl groups is 1. The van der Waals surface area contributed by atoms with Crippen LogP contribution < -0.4 is 4.74 Å². The summed E-state index contributed by atoms with van der Waals surface area (Å²) in [6, 6.07) is 11.9. The predicted octanol–water partition coefficient (Wildman–Crippen LogP) is 5.37. The number of ether oxygens (including phenoxy) is 1. The van der Waals surface area contributed by atoms with E-state index < -0.39 is 0 Å². The summed E-state index contributed by atoms with van der Waals surface area (Å²) in [4.78, 5) is 4.35. The van der Waals surface area contributed by atoms with Crippen LogP contribution in [0.2, 0.25) is 0 Å². The fourth-order valence-electron chi connectivity index (χ4n) is 2.80. The van der Waals surface area contributed by atoms with Gasteiger partial charge in [-0.1, -0.05) is 12.1 Å². The minimum Gasteiger partial charge on any atom is -0.506 e. The molecule has 0 radical (unpaired) electrons. The molecule has 0 amide bonds. The molecule has 0 saturated carbocycles. The number of phenolic OH excluding ortho intramolecular Hbond substituents is 1. The molecule has 1 aliphatic heterocycles. The highest BCUT2D eigenvalue weighted by atomic mass is 79.9. The van der Waals surface area contributed by atoms with Crippen molar-refractivity contribution < 1.29 is 9.84 Å². The average Bonchev–Trinajstić information content (AvgIpc) is 3.26. The first kappa shape index (κ1) is 19.5. The van der Waals surface area contributed by atoms with Gasteiger partial charge in [0.2, 0.25) is 0 Å². The van der Waals surface area contributed by atoms with E-state index in [0.29, 0.717) is 20.6 Å². The molecule has 1 fully saturated rings. The Bertz CT molecular complexity index is 939. The van der Waals surface area contributed by atoms with E-state index in [1.54, 1.807) is 12.3 Å². The van der Waals surface area contributed by atoms with E-state index in [0.717, 1.165) is 16.9 Å². The number of phenols is 1. The smallest absolute Gasteiger partial charge is 0.188 e. The molecular weight excluding hydrogens is 458 g/mol. The van der Waals surface area contributed by atoms with Gasteiger partial charge in [-0.05, 0) is 58.2 Å². The Labute approximate surface area is 180 Å². The van der Waals surface area contributed by atoms with Gasteiger partial charge in [-0.2, -0.15) is 0 Å². The number of hydrogen-bond donors (Lipinski definition) is 1. The molecule has 0 aliphatic carbocycles. The van der Waals surface area contributed by atoms with Crippen LogP contribution in [-0.4, -0.2) is 31.8 Å². The SMILES string of the molecule is Cc1cc(-c2cnc(COc3ccc(C4SCCS4)cc3)nn2)cc(Br)c1O. The number of hydrogen-bond acceptors (Lipinski definition) is 7. The molecule has 144 valence electrons. The van der Waals surface area contributed by atoms with E-state index in [9.17, 15) is 5.11 Å². The maximum Gasteiger partial charge on any atom is 0.188 e. The third kappa shape index (κ3) is 4.45. The van der Waals surface area contributed by atoms with Crippen LogP contribution >= 0.6 is 39.5 Å². The summed E-state index contributed by atoms with van der Waals surface area (Å²) in [5.74, 6) is 3.97. The summed E-state index contributed by atoms with van der Waals surface area (Å²) >= 11 is 7.33. The second-order valence-electron chi connectivity index (χ2n) is 6.31. The van der Waals surface area contributed by atoms with Crippen LogP contribution in [0.4, 0.5) is 0 Å². The summed E-state index contributed by atoms with van der Waals surface area (Å²) in [5, 5.41) is 18.3. The molecule has 8 heteroatoms. The van der Waals surface area contributed by atoms with Gasteiger partial charge in [-0.15, -0.1) is 33.7 Å². The van der Waals surface area contributed by atoms with Crippen molar-refractivity contribution in [1.82, 2.24) is 15.2 Å². The van der Waals surface area contributed by atoms with Gasteiger partial charge in [0.25, 0.3) is 0 Å². The van der Waals surface area contributed by atoms with Crippen molar-refractivity contribution in [1.29, 1.82) is 0 Å². The Kier molecular flexibility index (Phi) is 6.08. The number of thioether (sulfide) groups is 2. The van der Waals surface area contributed by atoms with E-state index in [-0.39, 0.29) is 12.4 Å². The molecule has 28 heavy (non-hydrogen) atoms. The Morgan fingerprint density at radius 2 is 1.89 bits per heavy atom. The van der Waals surface area contributed by atoms with Crippen molar-refractivity contribution in [2.75, 3.05) is 11.5 Å². The number of rotatable bonds is 5.